The molecule has 27 heavy (non-hydrogen) atoms. The van der Waals surface area contributed by atoms with E-state index in [9.17, 15) is 0 Å². The molecule has 0 bridgehead atoms. The van der Waals surface area contributed by atoms with Crippen molar-refractivity contribution in [3.8, 4) is 5.75 Å². The van der Waals surface area contributed by atoms with E-state index in [4.69, 9.17) is 4.74 Å². The minimum absolute atomic E-state index is 0.662. The molecular weight excluding hydrogens is 332 g/mol. The number of nitrogens with zero attached hydrogens (tertiary/aromatic N) is 2. The van der Waals surface area contributed by atoms with E-state index in [1.807, 2.05) is 0 Å². The molecule has 0 spiro atoms. The Morgan fingerprint density at radius 2 is 1.74 bits per heavy atom. The highest BCUT2D eigenvalue weighted by molar-refractivity contribution is 5.38. The monoisotopic (exact) mass is 364 g/mol. The van der Waals surface area contributed by atoms with Gasteiger partial charge in [0.1, 0.15) is 5.75 Å². The van der Waals surface area contributed by atoms with Gasteiger partial charge in [0, 0.05) is 18.6 Å². The van der Waals surface area contributed by atoms with Crippen molar-refractivity contribution < 1.29 is 4.74 Å². The molecule has 144 valence electrons. The van der Waals surface area contributed by atoms with E-state index >= 15 is 0 Å². The molecule has 1 heterocycles. The van der Waals surface area contributed by atoms with Gasteiger partial charge < -0.3 is 9.64 Å². The van der Waals surface area contributed by atoms with Crippen molar-refractivity contribution in [2.75, 3.05) is 27.2 Å². The Labute approximate surface area is 163 Å². The number of piperidine rings is 1. The molecule has 1 aliphatic carbocycles. The van der Waals surface area contributed by atoms with Gasteiger partial charge in [-0.05, 0) is 81.1 Å². The maximum Gasteiger partial charge on any atom is 0.119 e. The first-order valence-corrected chi connectivity index (χ1v) is 10.4. The number of benzene rings is 2. The lowest BCUT2D eigenvalue weighted by molar-refractivity contribution is 0.0871. The number of hydrogen-bond donors (Lipinski definition) is 0. The Bertz CT molecular complexity index is 737. The van der Waals surface area contributed by atoms with E-state index < -0.39 is 0 Å². The Morgan fingerprint density at radius 3 is 2.48 bits per heavy atom. The van der Waals surface area contributed by atoms with Gasteiger partial charge in [0.25, 0.3) is 0 Å². The molecule has 1 fully saturated rings. The molecule has 0 aromatic heterocycles. The first kappa shape index (κ1) is 18.5. The topological polar surface area (TPSA) is 15.7 Å². The van der Waals surface area contributed by atoms with Gasteiger partial charge >= 0.3 is 0 Å². The van der Waals surface area contributed by atoms with E-state index in [1.54, 1.807) is 7.11 Å². The SMILES string of the molecule is COc1ccc2c(c1)CC(N(C)C1CCN(Cc3ccccc3)CC1)CC2. The third kappa shape index (κ3) is 4.36. The Kier molecular flexibility index (Phi) is 5.80. The van der Waals surface area contributed by atoms with E-state index in [2.05, 4.69) is 65.4 Å². The average Bonchev–Trinajstić information content (AvgIpc) is 2.73. The smallest absolute Gasteiger partial charge is 0.119 e. The van der Waals surface area contributed by atoms with E-state index in [0.717, 1.165) is 18.7 Å². The number of ether oxygens (including phenoxy) is 1. The predicted octanol–water partition coefficient (Wildman–Crippen LogP) is 4.15. The standard InChI is InChI=1S/C24H32N2O/c1-25(23-10-8-20-9-11-24(27-2)17-21(20)16-23)22-12-14-26(15-13-22)18-19-6-4-3-5-7-19/h3-7,9,11,17,22-23H,8,10,12-16,18H2,1-2H3. The van der Waals surface area contributed by atoms with Gasteiger partial charge in [0.05, 0.1) is 7.11 Å². The lowest BCUT2D eigenvalue weighted by Gasteiger charge is -2.42. The van der Waals surface area contributed by atoms with Crippen LogP contribution < -0.4 is 4.74 Å². The van der Waals surface area contributed by atoms with Crippen molar-refractivity contribution in [2.24, 2.45) is 0 Å². The first-order valence-electron chi connectivity index (χ1n) is 10.4. The zero-order valence-electron chi connectivity index (χ0n) is 16.7. The molecule has 3 nitrogen and oxygen atoms in total. The van der Waals surface area contributed by atoms with Crippen LogP contribution in [0.4, 0.5) is 0 Å². The summed E-state index contributed by atoms with van der Waals surface area (Å²) in [5, 5.41) is 0. The van der Waals surface area contributed by atoms with Gasteiger partial charge in [-0.15, -0.1) is 0 Å². The number of fused-ring (bicyclic) bond motifs is 1. The summed E-state index contributed by atoms with van der Waals surface area (Å²) >= 11 is 0. The molecule has 1 unspecified atom stereocenters. The highest BCUT2D eigenvalue weighted by atomic mass is 16.5. The number of hydrogen-bond acceptors (Lipinski definition) is 3. The zero-order valence-corrected chi connectivity index (χ0v) is 16.7. The maximum atomic E-state index is 5.43. The lowest BCUT2D eigenvalue weighted by Crippen LogP contribution is -2.48. The highest BCUT2D eigenvalue weighted by Gasteiger charge is 2.29. The molecule has 4 rings (SSSR count). The second-order valence-electron chi connectivity index (χ2n) is 8.19. The molecule has 1 saturated heterocycles. The molecule has 2 aliphatic rings. The van der Waals surface area contributed by atoms with Crippen molar-refractivity contribution >= 4 is 0 Å². The van der Waals surface area contributed by atoms with Crippen LogP contribution in [-0.2, 0) is 19.4 Å². The summed E-state index contributed by atoms with van der Waals surface area (Å²) in [6.07, 6.45) is 6.20. The average molecular weight is 365 g/mol. The summed E-state index contributed by atoms with van der Waals surface area (Å²) in [6.45, 7) is 3.51. The second kappa shape index (κ2) is 8.45. The fourth-order valence-corrected chi connectivity index (χ4v) is 4.81. The van der Waals surface area contributed by atoms with Gasteiger partial charge in [-0.3, -0.25) is 4.90 Å². The van der Waals surface area contributed by atoms with Gasteiger partial charge in [-0.25, -0.2) is 0 Å². The number of likely N-dealkylation sites (tertiary alicyclic amines) is 1. The largest absolute Gasteiger partial charge is 0.497 e. The molecule has 0 amide bonds. The van der Waals surface area contributed by atoms with Crippen LogP contribution in [0.1, 0.15) is 36.0 Å². The molecule has 2 aromatic rings. The fraction of sp³-hybridized carbons (Fsp3) is 0.500. The van der Waals surface area contributed by atoms with E-state index in [0.29, 0.717) is 12.1 Å². The number of rotatable bonds is 5. The molecule has 0 saturated carbocycles. The second-order valence-corrected chi connectivity index (χ2v) is 8.19. The van der Waals surface area contributed by atoms with E-state index in [-0.39, 0.29) is 0 Å². The normalized spacial score (nSPS) is 21.2. The summed E-state index contributed by atoms with van der Waals surface area (Å²) in [4.78, 5) is 5.29. The molecular formula is C24H32N2O. The van der Waals surface area contributed by atoms with Crippen LogP contribution in [0.25, 0.3) is 0 Å². The van der Waals surface area contributed by atoms with Crippen LogP contribution >= 0.6 is 0 Å². The Balaban J connectivity index is 1.32. The first-order chi connectivity index (χ1) is 13.2. The maximum absolute atomic E-state index is 5.43. The summed E-state index contributed by atoms with van der Waals surface area (Å²) in [5.41, 5.74) is 4.43. The van der Waals surface area contributed by atoms with Crippen molar-refractivity contribution in [3.63, 3.8) is 0 Å². The van der Waals surface area contributed by atoms with Crippen LogP contribution in [0.15, 0.2) is 48.5 Å². The van der Waals surface area contributed by atoms with Crippen molar-refractivity contribution in [2.45, 2.75) is 50.7 Å². The third-order valence-electron chi connectivity index (χ3n) is 6.57. The molecule has 0 N–H and O–H groups in total. The molecule has 0 radical (unpaired) electrons. The fourth-order valence-electron chi connectivity index (χ4n) is 4.81. The van der Waals surface area contributed by atoms with Crippen molar-refractivity contribution in [3.05, 3.63) is 65.2 Å². The van der Waals surface area contributed by atoms with Crippen LogP contribution in [0.3, 0.4) is 0 Å². The molecule has 3 heteroatoms. The Morgan fingerprint density at radius 1 is 0.963 bits per heavy atom. The number of aryl methyl sites for hydroxylation is 1. The summed E-state index contributed by atoms with van der Waals surface area (Å²) in [7, 11) is 4.12. The van der Waals surface area contributed by atoms with Gasteiger partial charge in [-0.2, -0.15) is 0 Å². The van der Waals surface area contributed by atoms with Crippen LogP contribution in [0.2, 0.25) is 0 Å². The number of likely N-dealkylation sites (N-methyl/N-ethyl adjacent to an activating group) is 1. The quantitative estimate of drug-likeness (QED) is 0.793. The number of methoxy groups -OCH3 is 1. The summed E-state index contributed by atoms with van der Waals surface area (Å²) in [5.74, 6) is 0.992. The van der Waals surface area contributed by atoms with Crippen LogP contribution in [0.5, 0.6) is 5.75 Å². The predicted molar refractivity (Wildman–Crippen MR) is 111 cm³/mol. The zero-order chi connectivity index (χ0) is 18.6. The molecule has 1 atom stereocenters. The van der Waals surface area contributed by atoms with Gasteiger partial charge in [0.2, 0.25) is 0 Å². The van der Waals surface area contributed by atoms with Crippen LogP contribution in [0, 0.1) is 0 Å². The van der Waals surface area contributed by atoms with Crippen molar-refractivity contribution in [1.82, 2.24) is 9.80 Å². The van der Waals surface area contributed by atoms with Gasteiger partial charge in [-0.1, -0.05) is 36.4 Å². The van der Waals surface area contributed by atoms with Gasteiger partial charge in [0.15, 0.2) is 0 Å². The minimum atomic E-state index is 0.662. The lowest BCUT2D eigenvalue weighted by atomic mass is 9.86. The summed E-state index contributed by atoms with van der Waals surface area (Å²) in [6, 6.07) is 18.9. The van der Waals surface area contributed by atoms with Crippen LogP contribution in [-0.4, -0.2) is 49.1 Å². The minimum Gasteiger partial charge on any atom is -0.497 e. The summed E-state index contributed by atoms with van der Waals surface area (Å²) < 4.78 is 5.43. The molecule has 2 aromatic carbocycles. The van der Waals surface area contributed by atoms with Crippen molar-refractivity contribution in [1.29, 1.82) is 0 Å². The van der Waals surface area contributed by atoms with E-state index in [1.165, 1.54) is 55.5 Å². The highest BCUT2D eigenvalue weighted by Crippen LogP contribution is 2.30. The third-order valence-corrected chi connectivity index (χ3v) is 6.57. The molecule has 1 aliphatic heterocycles. The Hall–Kier alpha value is -1.84.